The fourth-order valence-electron chi connectivity index (χ4n) is 4.14. The molecule has 0 saturated carbocycles. The minimum atomic E-state index is -0.454. The molecule has 1 heterocycles. The largest absolute Gasteiger partial charge is 0.493 e. The summed E-state index contributed by atoms with van der Waals surface area (Å²) in [6.45, 7) is 4.15. The van der Waals surface area contributed by atoms with Crippen LogP contribution in [0.1, 0.15) is 17.0 Å². The summed E-state index contributed by atoms with van der Waals surface area (Å²) in [4.78, 5) is 12.3. The number of benzene rings is 2. The molecule has 2 aromatic rings. The molecule has 34 heavy (non-hydrogen) atoms. The average Bonchev–Trinajstić information content (AvgIpc) is 3.17. The number of ether oxygens (including phenoxy) is 7. The number of methoxy groups -OCH3 is 6. The van der Waals surface area contributed by atoms with Crippen LogP contribution in [0.3, 0.4) is 0 Å². The molecule has 0 bridgehead atoms. The highest BCUT2D eigenvalue weighted by Gasteiger charge is 2.41. The molecule has 1 unspecified atom stereocenters. The van der Waals surface area contributed by atoms with Gasteiger partial charge in [0, 0.05) is 17.4 Å². The summed E-state index contributed by atoms with van der Waals surface area (Å²) in [5, 5.41) is 0. The molecule has 0 aromatic heterocycles. The van der Waals surface area contributed by atoms with Crippen LogP contribution >= 0.6 is 31.9 Å². The van der Waals surface area contributed by atoms with Crippen LogP contribution in [0.25, 0.3) is 0 Å². The van der Waals surface area contributed by atoms with E-state index in [4.69, 9.17) is 33.2 Å². The smallest absolute Gasteiger partial charge is 0.333 e. The van der Waals surface area contributed by atoms with E-state index in [-0.39, 0.29) is 6.61 Å². The third-order valence-corrected chi connectivity index (χ3v) is 7.41. The second-order valence-corrected chi connectivity index (χ2v) is 8.89. The Hall–Kier alpha value is -2.59. The van der Waals surface area contributed by atoms with Crippen LogP contribution in [-0.2, 0) is 9.53 Å². The third kappa shape index (κ3) is 4.29. The summed E-state index contributed by atoms with van der Waals surface area (Å²) in [6, 6.07) is 3.67. The number of hydrogen-bond donors (Lipinski definition) is 0. The van der Waals surface area contributed by atoms with Crippen LogP contribution in [0.4, 0.5) is 0 Å². The van der Waals surface area contributed by atoms with Crippen molar-refractivity contribution in [2.24, 2.45) is 5.92 Å². The number of halogens is 2. The van der Waals surface area contributed by atoms with Crippen molar-refractivity contribution >= 4 is 37.8 Å². The van der Waals surface area contributed by atoms with Gasteiger partial charge >= 0.3 is 5.97 Å². The Morgan fingerprint density at radius 1 is 0.794 bits per heavy atom. The molecule has 0 radical (unpaired) electrons. The lowest BCUT2D eigenvalue weighted by Crippen LogP contribution is -2.19. The van der Waals surface area contributed by atoms with Crippen LogP contribution in [0.5, 0.6) is 34.5 Å². The number of esters is 1. The molecule has 1 atom stereocenters. The highest BCUT2D eigenvalue weighted by molar-refractivity contribution is 9.11. The van der Waals surface area contributed by atoms with E-state index in [1.165, 1.54) is 28.4 Å². The first kappa shape index (κ1) is 26.0. The second-order valence-electron chi connectivity index (χ2n) is 7.30. The molecule has 1 saturated heterocycles. The molecule has 0 N–H and O–H groups in total. The summed E-state index contributed by atoms with van der Waals surface area (Å²) < 4.78 is 40.2. The summed E-state index contributed by atoms with van der Waals surface area (Å²) in [5.74, 6) is 1.38. The van der Waals surface area contributed by atoms with Gasteiger partial charge in [-0.25, -0.2) is 4.79 Å². The molecule has 0 aliphatic carbocycles. The Labute approximate surface area is 215 Å². The quantitative estimate of drug-likeness (QED) is 0.289. The zero-order valence-corrected chi connectivity index (χ0v) is 22.9. The SMILES string of the molecule is C=C1C(=O)OCC1C(c1cc(OC)c(OC)c(OC)c1Br)c1cc(OC)c(OC)c(OC)c1Br. The fraction of sp³-hybridized carbons (Fsp3) is 0.375. The average molecular weight is 602 g/mol. The Kier molecular flexibility index (Phi) is 8.25. The monoisotopic (exact) mass is 600 g/mol. The van der Waals surface area contributed by atoms with E-state index in [0.717, 1.165) is 11.1 Å². The molecule has 184 valence electrons. The van der Waals surface area contributed by atoms with E-state index >= 15 is 0 Å². The zero-order valence-electron chi connectivity index (χ0n) is 19.7. The predicted octanol–water partition coefficient (Wildman–Crippen LogP) is 5.12. The van der Waals surface area contributed by atoms with Crippen LogP contribution in [-0.4, -0.2) is 55.2 Å². The van der Waals surface area contributed by atoms with Gasteiger partial charge in [0.2, 0.25) is 11.5 Å². The van der Waals surface area contributed by atoms with Crippen LogP contribution in [0.15, 0.2) is 33.2 Å². The Balaban J connectivity index is 2.41. The van der Waals surface area contributed by atoms with Crippen molar-refractivity contribution in [3.05, 3.63) is 44.4 Å². The van der Waals surface area contributed by atoms with Crippen molar-refractivity contribution in [2.45, 2.75) is 5.92 Å². The van der Waals surface area contributed by atoms with Crippen LogP contribution in [0.2, 0.25) is 0 Å². The molecule has 2 aromatic carbocycles. The van der Waals surface area contributed by atoms with Crippen molar-refractivity contribution < 1.29 is 38.0 Å². The summed E-state index contributed by atoms with van der Waals surface area (Å²) in [5.41, 5.74) is 1.87. The zero-order chi connectivity index (χ0) is 25.2. The van der Waals surface area contributed by atoms with E-state index in [9.17, 15) is 4.79 Å². The van der Waals surface area contributed by atoms with E-state index < -0.39 is 17.8 Å². The molecule has 1 aliphatic heterocycles. The highest BCUT2D eigenvalue weighted by Crippen LogP contribution is 2.55. The normalized spacial score (nSPS) is 15.3. The summed E-state index contributed by atoms with van der Waals surface area (Å²) in [6.07, 6.45) is 0. The molecule has 1 aliphatic rings. The first-order valence-corrected chi connectivity index (χ1v) is 11.7. The molecule has 10 heteroatoms. The van der Waals surface area contributed by atoms with Crippen molar-refractivity contribution in [1.29, 1.82) is 0 Å². The molecule has 0 spiro atoms. The minimum absolute atomic E-state index is 0.147. The third-order valence-electron chi connectivity index (χ3n) is 5.77. The Bertz CT molecular complexity index is 1050. The van der Waals surface area contributed by atoms with Gasteiger partial charge in [-0.2, -0.15) is 0 Å². The van der Waals surface area contributed by atoms with Gasteiger partial charge in [-0.1, -0.05) is 6.58 Å². The summed E-state index contributed by atoms with van der Waals surface area (Å²) in [7, 11) is 9.23. The number of carbonyl (C=O) groups is 1. The second kappa shape index (κ2) is 10.8. The van der Waals surface area contributed by atoms with Crippen molar-refractivity contribution in [3.8, 4) is 34.5 Å². The maximum Gasteiger partial charge on any atom is 0.333 e. The van der Waals surface area contributed by atoms with Gasteiger partial charge < -0.3 is 33.2 Å². The molecule has 8 nitrogen and oxygen atoms in total. The molecule has 1 fully saturated rings. The molecule has 3 rings (SSSR count). The van der Waals surface area contributed by atoms with Gasteiger partial charge in [-0.15, -0.1) is 0 Å². The summed E-state index contributed by atoms with van der Waals surface area (Å²) >= 11 is 7.36. The van der Waals surface area contributed by atoms with Gasteiger partial charge in [-0.3, -0.25) is 0 Å². The molecular formula is C24H26Br2O8. The predicted molar refractivity (Wildman–Crippen MR) is 133 cm³/mol. The Morgan fingerprint density at radius 3 is 1.50 bits per heavy atom. The topological polar surface area (TPSA) is 81.7 Å². The van der Waals surface area contributed by atoms with E-state index in [2.05, 4.69) is 38.4 Å². The van der Waals surface area contributed by atoms with Gasteiger partial charge in [0.1, 0.15) is 0 Å². The number of hydrogen-bond acceptors (Lipinski definition) is 8. The number of rotatable bonds is 9. The van der Waals surface area contributed by atoms with Crippen molar-refractivity contribution in [3.63, 3.8) is 0 Å². The highest BCUT2D eigenvalue weighted by atomic mass is 79.9. The van der Waals surface area contributed by atoms with Gasteiger partial charge in [0.05, 0.1) is 58.2 Å². The number of cyclic esters (lactones) is 1. The lowest BCUT2D eigenvalue weighted by Gasteiger charge is -2.29. The van der Waals surface area contributed by atoms with Crippen molar-refractivity contribution in [1.82, 2.24) is 0 Å². The van der Waals surface area contributed by atoms with Gasteiger partial charge in [0.25, 0.3) is 0 Å². The lowest BCUT2D eigenvalue weighted by atomic mass is 9.78. The minimum Gasteiger partial charge on any atom is -0.493 e. The fourth-order valence-corrected chi connectivity index (χ4v) is 5.55. The van der Waals surface area contributed by atoms with E-state index in [1.54, 1.807) is 14.2 Å². The van der Waals surface area contributed by atoms with Crippen LogP contribution in [0, 0.1) is 5.92 Å². The standard InChI is InChI=1S/C24H26Br2O8/c1-11-14(10-34-24(11)27)17(12-8-15(28-2)20(30-4)22(32-6)18(12)25)13-9-16(29-3)21(31-5)23(33-7)19(13)26/h8-9,14,17H,1,10H2,2-7H3. The molecular weight excluding hydrogens is 576 g/mol. The molecule has 0 amide bonds. The first-order valence-electron chi connectivity index (χ1n) is 10.1. The first-order chi connectivity index (χ1) is 16.3. The Morgan fingerprint density at radius 2 is 1.21 bits per heavy atom. The number of carbonyl (C=O) groups excluding carboxylic acids is 1. The van der Waals surface area contributed by atoms with Gasteiger partial charge in [-0.05, 0) is 55.1 Å². The van der Waals surface area contributed by atoms with E-state index in [1.807, 2.05) is 12.1 Å². The maximum absolute atomic E-state index is 12.3. The lowest BCUT2D eigenvalue weighted by molar-refractivity contribution is -0.135. The van der Waals surface area contributed by atoms with Crippen LogP contribution < -0.4 is 28.4 Å². The van der Waals surface area contributed by atoms with Crippen molar-refractivity contribution in [2.75, 3.05) is 49.3 Å². The van der Waals surface area contributed by atoms with E-state index in [0.29, 0.717) is 49.0 Å². The van der Waals surface area contributed by atoms with Gasteiger partial charge in [0.15, 0.2) is 23.0 Å². The maximum atomic E-state index is 12.3.